The molecule has 1 N–H and O–H groups in total. The minimum Gasteiger partial charge on any atom is -0.488 e. The minimum absolute atomic E-state index is 0.0615. The van der Waals surface area contributed by atoms with Gasteiger partial charge in [-0.2, -0.15) is 0 Å². The average molecular weight is 346 g/mol. The molecule has 2 atom stereocenters. The highest BCUT2D eigenvalue weighted by molar-refractivity contribution is 9.10. The molecule has 112 valence electrons. The Kier molecular flexibility index (Phi) is 6.26. The van der Waals surface area contributed by atoms with E-state index in [9.17, 15) is 4.39 Å². The third-order valence-corrected chi connectivity index (χ3v) is 3.81. The van der Waals surface area contributed by atoms with Crippen LogP contribution < -0.4 is 10.1 Å². The van der Waals surface area contributed by atoms with Gasteiger partial charge >= 0.3 is 0 Å². The molecule has 1 fully saturated rings. The van der Waals surface area contributed by atoms with Crippen molar-refractivity contribution in [1.82, 2.24) is 5.32 Å². The number of hydrogen-bond acceptors (Lipinski definition) is 3. The van der Waals surface area contributed by atoms with Crippen molar-refractivity contribution in [3.8, 4) is 5.75 Å². The standard InChI is InChI=1S/C15H21BrFNO2/c1-2-7-18-9-12-4-5-13(20-12)10-19-15-6-3-11(16)8-14(15)17/h3,6,8,12-13,18H,2,4-5,7,9-10H2,1H3. The SMILES string of the molecule is CCCNCC1CCC(COc2ccc(Br)cc2F)O1. The highest BCUT2D eigenvalue weighted by Gasteiger charge is 2.25. The maximum Gasteiger partial charge on any atom is 0.166 e. The van der Waals surface area contributed by atoms with E-state index in [1.165, 1.54) is 6.07 Å². The second-order valence-corrected chi connectivity index (χ2v) is 5.96. The van der Waals surface area contributed by atoms with Crippen LogP contribution in [0.3, 0.4) is 0 Å². The van der Waals surface area contributed by atoms with Gasteiger partial charge in [0, 0.05) is 11.0 Å². The molecule has 0 amide bonds. The van der Waals surface area contributed by atoms with Crippen LogP contribution in [0.25, 0.3) is 0 Å². The van der Waals surface area contributed by atoms with Gasteiger partial charge in [0.2, 0.25) is 0 Å². The molecule has 1 saturated heterocycles. The Bertz CT molecular complexity index is 430. The summed E-state index contributed by atoms with van der Waals surface area (Å²) in [5.41, 5.74) is 0. The molecule has 20 heavy (non-hydrogen) atoms. The molecule has 0 aliphatic carbocycles. The maximum absolute atomic E-state index is 13.6. The summed E-state index contributed by atoms with van der Waals surface area (Å²) in [7, 11) is 0. The summed E-state index contributed by atoms with van der Waals surface area (Å²) in [4.78, 5) is 0. The van der Waals surface area contributed by atoms with Gasteiger partial charge in [-0.3, -0.25) is 0 Å². The number of nitrogens with one attached hydrogen (secondary N) is 1. The number of hydrogen-bond donors (Lipinski definition) is 1. The monoisotopic (exact) mass is 345 g/mol. The molecule has 0 bridgehead atoms. The van der Waals surface area contributed by atoms with Gasteiger partial charge in [0.1, 0.15) is 6.61 Å². The first-order valence-corrected chi connectivity index (χ1v) is 7.92. The third-order valence-electron chi connectivity index (χ3n) is 3.31. The Balaban J connectivity index is 1.72. The predicted octanol–water partition coefficient (Wildman–Crippen LogP) is 3.51. The molecule has 1 aromatic rings. The number of halogens is 2. The van der Waals surface area contributed by atoms with Gasteiger partial charge in [0.25, 0.3) is 0 Å². The average Bonchev–Trinajstić information content (AvgIpc) is 2.86. The molecule has 1 heterocycles. The van der Waals surface area contributed by atoms with E-state index in [1.807, 2.05) is 0 Å². The van der Waals surface area contributed by atoms with Crippen LogP contribution >= 0.6 is 15.9 Å². The second kappa shape index (κ2) is 7.96. The molecule has 0 radical (unpaired) electrons. The highest BCUT2D eigenvalue weighted by Crippen LogP contribution is 2.24. The Morgan fingerprint density at radius 3 is 2.95 bits per heavy atom. The highest BCUT2D eigenvalue weighted by atomic mass is 79.9. The van der Waals surface area contributed by atoms with Crippen LogP contribution in [0.4, 0.5) is 4.39 Å². The van der Waals surface area contributed by atoms with Gasteiger partial charge in [0.15, 0.2) is 11.6 Å². The third kappa shape index (κ3) is 4.72. The van der Waals surface area contributed by atoms with Crippen molar-refractivity contribution >= 4 is 15.9 Å². The van der Waals surface area contributed by atoms with Crippen molar-refractivity contribution < 1.29 is 13.9 Å². The molecular weight excluding hydrogens is 325 g/mol. The minimum atomic E-state index is -0.349. The Hall–Kier alpha value is -0.650. The first kappa shape index (κ1) is 15.7. The molecule has 1 aliphatic rings. The van der Waals surface area contributed by atoms with Crippen LogP contribution in [0.15, 0.2) is 22.7 Å². The summed E-state index contributed by atoms with van der Waals surface area (Å²) in [6.07, 6.45) is 3.45. The number of ether oxygens (including phenoxy) is 2. The molecule has 5 heteroatoms. The molecule has 1 aromatic carbocycles. The van der Waals surface area contributed by atoms with Crippen LogP contribution in [0.1, 0.15) is 26.2 Å². The molecule has 1 aliphatic heterocycles. The first-order valence-electron chi connectivity index (χ1n) is 7.13. The Morgan fingerprint density at radius 2 is 2.20 bits per heavy atom. The van der Waals surface area contributed by atoms with Gasteiger partial charge in [0.05, 0.1) is 12.2 Å². The van der Waals surface area contributed by atoms with Crippen molar-refractivity contribution in [2.75, 3.05) is 19.7 Å². The second-order valence-electron chi connectivity index (χ2n) is 5.05. The Morgan fingerprint density at radius 1 is 1.40 bits per heavy atom. The maximum atomic E-state index is 13.6. The lowest BCUT2D eigenvalue weighted by molar-refractivity contribution is 0.0179. The number of rotatable bonds is 7. The fourth-order valence-electron chi connectivity index (χ4n) is 2.27. The smallest absolute Gasteiger partial charge is 0.166 e. The van der Waals surface area contributed by atoms with Crippen molar-refractivity contribution in [1.29, 1.82) is 0 Å². The molecule has 3 nitrogen and oxygen atoms in total. The van der Waals surface area contributed by atoms with E-state index in [0.717, 1.165) is 32.4 Å². The van der Waals surface area contributed by atoms with Crippen LogP contribution in [-0.2, 0) is 4.74 Å². The summed E-state index contributed by atoms with van der Waals surface area (Å²) in [6, 6.07) is 4.81. The molecule has 2 unspecified atom stereocenters. The quantitative estimate of drug-likeness (QED) is 0.767. The zero-order valence-corrected chi connectivity index (χ0v) is 13.3. The lowest BCUT2D eigenvalue weighted by Crippen LogP contribution is -2.28. The zero-order chi connectivity index (χ0) is 14.4. The fourth-order valence-corrected chi connectivity index (χ4v) is 2.60. The summed E-state index contributed by atoms with van der Waals surface area (Å²) in [5.74, 6) is -0.0668. The van der Waals surface area contributed by atoms with E-state index in [-0.39, 0.29) is 23.8 Å². The summed E-state index contributed by atoms with van der Waals surface area (Å²) in [5, 5.41) is 3.36. The van der Waals surface area contributed by atoms with Gasteiger partial charge < -0.3 is 14.8 Å². The molecule has 0 spiro atoms. The van der Waals surface area contributed by atoms with Crippen molar-refractivity contribution in [3.63, 3.8) is 0 Å². The van der Waals surface area contributed by atoms with Gasteiger partial charge in [-0.15, -0.1) is 0 Å². The van der Waals surface area contributed by atoms with E-state index >= 15 is 0 Å². The molecule has 0 aromatic heterocycles. The van der Waals surface area contributed by atoms with E-state index in [4.69, 9.17) is 9.47 Å². The van der Waals surface area contributed by atoms with E-state index in [1.54, 1.807) is 12.1 Å². The molecule has 2 rings (SSSR count). The van der Waals surface area contributed by atoms with Gasteiger partial charge in [-0.05, 0) is 44.0 Å². The molecule has 0 saturated carbocycles. The van der Waals surface area contributed by atoms with Crippen LogP contribution in [0.5, 0.6) is 5.75 Å². The van der Waals surface area contributed by atoms with Crippen LogP contribution in [0, 0.1) is 5.82 Å². The van der Waals surface area contributed by atoms with Crippen LogP contribution in [0.2, 0.25) is 0 Å². The fraction of sp³-hybridized carbons (Fsp3) is 0.600. The topological polar surface area (TPSA) is 30.5 Å². The van der Waals surface area contributed by atoms with E-state index < -0.39 is 0 Å². The lowest BCUT2D eigenvalue weighted by atomic mass is 10.2. The lowest BCUT2D eigenvalue weighted by Gasteiger charge is -2.15. The molecular formula is C15H21BrFNO2. The summed E-state index contributed by atoms with van der Waals surface area (Å²) >= 11 is 3.22. The zero-order valence-electron chi connectivity index (χ0n) is 11.7. The van der Waals surface area contributed by atoms with E-state index in [2.05, 4.69) is 28.2 Å². The Labute approximate surface area is 128 Å². The first-order chi connectivity index (χ1) is 9.69. The predicted molar refractivity (Wildman–Crippen MR) is 80.7 cm³/mol. The van der Waals surface area contributed by atoms with Gasteiger partial charge in [-0.1, -0.05) is 22.9 Å². The summed E-state index contributed by atoms with van der Waals surface area (Å²) < 4.78 is 25.7. The van der Waals surface area contributed by atoms with Crippen molar-refractivity contribution in [3.05, 3.63) is 28.5 Å². The van der Waals surface area contributed by atoms with Crippen LogP contribution in [-0.4, -0.2) is 31.9 Å². The van der Waals surface area contributed by atoms with E-state index in [0.29, 0.717) is 11.1 Å². The van der Waals surface area contributed by atoms with Crippen molar-refractivity contribution in [2.45, 2.75) is 38.4 Å². The summed E-state index contributed by atoms with van der Waals surface area (Å²) in [6.45, 7) is 4.46. The number of benzene rings is 1. The van der Waals surface area contributed by atoms with Gasteiger partial charge in [-0.25, -0.2) is 4.39 Å². The largest absolute Gasteiger partial charge is 0.488 e. The normalized spacial score (nSPS) is 22.1. The van der Waals surface area contributed by atoms with Crippen molar-refractivity contribution in [2.24, 2.45) is 0 Å².